The number of hydrogen-bond acceptors (Lipinski definition) is 5. The number of nitrogens with zero attached hydrogens (tertiary/aromatic N) is 1. The number of ether oxygens (including phenoxy) is 2. The van der Waals surface area contributed by atoms with Gasteiger partial charge in [-0.05, 0) is 20.8 Å². The summed E-state index contributed by atoms with van der Waals surface area (Å²) in [5.41, 5.74) is -0.0666. The zero-order valence-electron chi connectivity index (χ0n) is 13.4. The Morgan fingerprint density at radius 1 is 1.52 bits per heavy atom. The Morgan fingerprint density at radius 2 is 2.24 bits per heavy atom. The summed E-state index contributed by atoms with van der Waals surface area (Å²) in [5.74, 6) is 0.293. The molecule has 1 amide bonds. The number of nitrogens with one attached hydrogen (secondary N) is 1. The van der Waals surface area contributed by atoms with E-state index in [1.54, 1.807) is 6.07 Å². The summed E-state index contributed by atoms with van der Waals surface area (Å²) in [6.07, 6.45) is 0. The highest BCUT2D eigenvalue weighted by molar-refractivity contribution is 5.92. The molecule has 6 heteroatoms. The standard InChI is InChI=1S/C15H24N2O4/c1-14(2,3)20-7-10-6-11(17-21-10)13(18)16-12-8-19-9-15(12,4)5/h6,12H,7-9H2,1-5H3,(H,16,18)/t12-/m0/s1. The van der Waals surface area contributed by atoms with Crippen molar-refractivity contribution in [2.75, 3.05) is 13.2 Å². The molecule has 0 aromatic carbocycles. The Hall–Kier alpha value is -1.40. The van der Waals surface area contributed by atoms with Crippen LogP contribution in [-0.2, 0) is 16.1 Å². The van der Waals surface area contributed by atoms with Crippen LogP contribution in [0.25, 0.3) is 0 Å². The summed E-state index contributed by atoms with van der Waals surface area (Å²) >= 11 is 0. The van der Waals surface area contributed by atoms with Crippen LogP contribution in [0, 0.1) is 5.41 Å². The largest absolute Gasteiger partial charge is 0.379 e. The molecule has 2 rings (SSSR count). The van der Waals surface area contributed by atoms with E-state index in [-0.39, 0.29) is 28.7 Å². The van der Waals surface area contributed by atoms with Gasteiger partial charge in [0.05, 0.1) is 24.9 Å². The van der Waals surface area contributed by atoms with E-state index in [9.17, 15) is 4.79 Å². The minimum Gasteiger partial charge on any atom is -0.379 e. The SMILES string of the molecule is CC(C)(C)OCc1cc(C(=O)N[C@H]2COCC2(C)C)no1. The molecule has 1 aromatic heterocycles. The molecule has 0 radical (unpaired) electrons. The second kappa shape index (κ2) is 5.77. The lowest BCUT2D eigenvalue weighted by atomic mass is 9.88. The highest BCUT2D eigenvalue weighted by Gasteiger charge is 2.37. The Labute approximate surface area is 125 Å². The molecule has 0 aliphatic carbocycles. The van der Waals surface area contributed by atoms with Crippen LogP contribution in [0.2, 0.25) is 0 Å². The summed E-state index contributed by atoms with van der Waals surface area (Å²) < 4.78 is 16.1. The summed E-state index contributed by atoms with van der Waals surface area (Å²) in [7, 11) is 0. The third kappa shape index (κ3) is 4.28. The first-order valence-corrected chi connectivity index (χ1v) is 7.15. The molecule has 1 fully saturated rings. The van der Waals surface area contributed by atoms with Gasteiger partial charge in [-0.25, -0.2) is 0 Å². The van der Waals surface area contributed by atoms with Gasteiger partial charge in [0.25, 0.3) is 5.91 Å². The van der Waals surface area contributed by atoms with Gasteiger partial charge >= 0.3 is 0 Å². The fraction of sp³-hybridized carbons (Fsp3) is 0.733. The first-order valence-electron chi connectivity index (χ1n) is 7.15. The molecule has 1 aliphatic heterocycles. The van der Waals surface area contributed by atoms with E-state index in [0.29, 0.717) is 25.6 Å². The lowest BCUT2D eigenvalue weighted by molar-refractivity contribution is -0.0241. The number of carbonyl (C=O) groups excluding carboxylic acids is 1. The molecule has 1 N–H and O–H groups in total. The molecule has 1 aliphatic rings. The zero-order chi connectivity index (χ0) is 15.7. The monoisotopic (exact) mass is 296 g/mol. The van der Waals surface area contributed by atoms with Crippen molar-refractivity contribution in [3.63, 3.8) is 0 Å². The second-order valence-electron chi connectivity index (χ2n) is 7.11. The average Bonchev–Trinajstić information content (AvgIpc) is 2.93. The zero-order valence-corrected chi connectivity index (χ0v) is 13.4. The number of rotatable bonds is 4. The maximum atomic E-state index is 12.2. The van der Waals surface area contributed by atoms with Gasteiger partial charge in [0.1, 0.15) is 6.61 Å². The molecule has 1 saturated heterocycles. The van der Waals surface area contributed by atoms with Crippen LogP contribution in [0.1, 0.15) is 50.9 Å². The van der Waals surface area contributed by atoms with Gasteiger partial charge in [0.15, 0.2) is 11.5 Å². The highest BCUT2D eigenvalue weighted by atomic mass is 16.5. The van der Waals surface area contributed by atoms with Crippen LogP contribution in [0.5, 0.6) is 0 Å². The van der Waals surface area contributed by atoms with E-state index >= 15 is 0 Å². The van der Waals surface area contributed by atoms with Gasteiger partial charge in [-0.2, -0.15) is 0 Å². The van der Waals surface area contributed by atoms with Crippen LogP contribution in [0.15, 0.2) is 10.6 Å². The van der Waals surface area contributed by atoms with Crippen molar-refractivity contribution in [2.24, 2.45) is 5.41 Å². The average molecular weight is 296 g/mol. The molecule has 1 atom stereocenters. The van der Waals surface area contributed by atoms with Gasteiger partial charge in [0, 0.05) is 11.5 Å². The number of carbonyl (C=O) groups is 1. The van der Waals surface area contributed by atoms with E-state index in [4.69, 9.17) is 14.0 Å². The lowest BCUT2D eigenvalue weighted by Gasteiger charge is -2.24. The van der Waals surface area contributed by atoms with Gasteiger partial charge in [-0.3, -0.25) is 4.79 Å². The van der Waals surface area contributed by atoms with Gasteiger partial charge in [-0.15, -0.1) is 0 Å². The fourth-order valence-electron chi connectivity index (χ4n) is 2.01. The molecule has 6 nitrogen and oxygen atoms in total. The maximum Gasteiger partial charge on any atom is 0.273 e. The maximum absolute atomic E-state index is 12.2. The molecule has 0 unspecified atom stereocenters. The van der Waals surface area contributed by atoms with E-state index in [2.05, 4.69) is 24.3 Å². The van der Waals surface area contributed by atoms with Crippen molar-refractivity contribution in [3.8, 4) is 0 Å². The number of amides is 1. The van der Waals surface area contributed by atoms with Crippen LogP contribution >= 0.6 is 0 Å². The minimum atomic E-state index is -0.263. The molecular weight excluding hydrogens is 272 g/mol. The van der Waals surface area contributed by atoms with Crippen LogP contribution in [0.4, 0.5) is 0 Å². The van der Waals surface area contributed by atoms with Crippen molar-refractivity contribution in [1.29, 1.82) is 0 Å². The Bertz CT molecular complexity index is 502. The van der Waals surface area contributed by atoms with Gasteiger partial charge in [-0.1, -0.05) is 19.0 Å². The van der Waals surface area contributed by atoms with Crippen molar-refractivity contribution < 1.29 is 18.8 Å². The predicted octanol–water partition coefficient (Wildman–Crippen LogP) is 2.14. The number of hydrogen-bond donors (Lipinski definition) is 1. The van der Waals surface area contributed by atoms with Crippen molar-refractivity contribution in [1.82, 2.24) is 10.5 Å². The van der Waals surface area contributed by atoms with E-state index in [1.807, 2.05) is 20.8 Å². The first-order chi connectivity index (χ1) is 9.67. The normalized spacial score (nSPS) is 21.5. The van der Waals surface area contributed by atoms with Gasteiger partial charge in [0.2, 0.25) is 0 Å². The second-order valence-corrected chi connectivity index (χ2v) is 7.11. The number of aromatic nitrogens is 1. The quantitative estimate of drug-likeness (QED) is 0.921. The van der Waals surface area contributed by atoms with E-state index < -0.39 is 0 Å². The topological polar surface area (TPSA) is 73.6 Å². The van der Waals surface area contributed by atoms with Crippen LogP contribution < -0.4 is 5.32 Å². The molecule has 21 heavy (non-hydrogen) atoms. The van der Waals surface area contributed by atoms with Crippen molar-refractivity contribution in [3.05, 3.63) is 17.5 Å². The first kappa shape index (κ1) is 16.0. The van der Waals surface area contributed by atoms with Crippen molar-refractivity contribution in [2.45, 2.75) is 52.9 Å². The van der Waals surface area contributed by atoms with Crippen molar-refractivity contribution >= 4 is 5.91 Å². The van der Waals surface area contributed by atoms with Gasteiger partial charge < -0.3 is 19.3 Å². The third-order valence-electron chi connectivity index (χ3n) is 3.45. The molecular formula is C15H24N2O4. The predicted molar refractivity (Wildman–Crippen MR) is 76.9 cm³/mol. The fourth-order valence-corrected chi connectivity index (χ4v) is 2.01. The summed E-state index contributed by atoms with van der Waals surface area (Å²) in [5, 5.41) is 6.74. The Morgan fingerprint density at radius 3 is 2.81 bits per heavy atom. The summed E-state index contributed by atoms with van der Waals surface area (Å²) in [6, 6.07) is 1.60. The van der Waals surface area contributed by atoms with E-state index in [1.165, 1.54) is 0 Å². The minimum absolute atomic E-state index is 0.0176. The highest BCUT2D eigenvalue weighted by Crippen LogP contribution is 2.27. The molecule has 118 valence electrons. The smallest absolute Gasteiger partial charge is 0.273 e. The molecule has 0 saturated carbocycles. The summed E-state index contributed by atoms with van der Waals surface area (Å²) in [6.45, 7) is 11.5. The molecule has 2 heterocycles. The Kier molecular flexibility index (Phi) is 4.39. The Balaban J connectivity index is 1.93. The molecule has 1 aromatic rings. The molecule has 0 bridgehead atoms. The molecule has 0 spiro atoms. The summed E-state index contributed by atoms with van der Waals surface area (Å²) in [4.78, 5) is 12.2. The lowest BCUT2D eigenvalue weighted by Crippen LogP contribution is -2.44. The van der Waals surface area contributed by atoms with Crippen LogP contribution in [-0.4, -0.2) is 35.9 Å². The van der Waals surface area contributed by atoms with Crippen LogP contribution in [0.3, 0.4) is 0 Å². The van der Waals surface area contributed by atoms with E-state index in [0.717, 1.165) is 0 Å². The third-order valence-corrected chi connectivity index (χ3v) is 3.45.